The summed E-state index contributed by atoms with van der Waals surface area (Å²) in [5.74, 6) is 0. The molecule has 0 aliphatic heterocycles. The van der Waals surface area contributed by atoms with Crippen LogP contribution in [0.4, 0.5) is 0 Å². The van der Waals surface area contributed by atoms with Crippen molar-refractivity contribution >= 4 is 28.8 Å². The van der Waals surface area contributed by atoms with Crippen LogP contribution in [0.2, 0.25) is 0 Å². The average molecular weight is 660 g/mol. The summed E-state index contributed by atoms with van der Waals surface area (Å²) in [6.07, 6.45) is 6.39. The van der Waals surface area contributed by atoms with E-state index in [0.717, 1.165) is 38.5 Å². The number of hydrogen-bond acceptors (Lipinski definition) is 0. The molecule has 0 radical (unpaired) electrons. The van der Waals surface area contributed by atoms with Gasteiger partial charge in [0.1, 0.15) is 8.07 Å². The van der Waals surface area contributed by atoms with Crippen molar-refractivity contribution in [3.63, 3.8) is 0 Å². The first-order chi connectivity index (χ1) is 17.9. The van der Waals surface area contributed by atoms with Crippen LogP contribution in [0.5, 0.6) is 0 Å². The largest absolute Gasteiger partial charge is 4.00 e. The Morgan fingerprint density at radius 2 is 0.756 bits per heavy atom. The van der Waals surface area contributed by atoms with Crippen LogP contribution >= 0.6 is 0 Å². The van der Waals surface area contributed by atoms with Crippen molar-refractivity contribution in [2.75, 3.05) is 0 Å². The van der Waals surface area contributed by atoms with E-state index in [1.165, 1.54) is 44.1 Å². The first-order valence-electron chi connectivity index (χ1n) is 14.5. The fourth-order valence-corrected chi connectivity index (χ4v) is 11.1. The molecule has 0 aromatic heterocycles. The molecule has 0 saturated heterocycles. The molecule has 0 spiro atoms. The van der Waals surface area contributed by atoms with E-state index in [1.807, 2.05) is 0 Å². The van der Waals surface area contributed by atoms with Crippen LogP contribution in [0.25, 0.3) is 0 Å². The molecule has 0 unspecified atom stereocenters. The molecule has 0 heterocycles. The minimum atomic E-state index is -2.57. The van der Waals surface area contributed by atoms with Gasteiger partial charge >= 0.3 is 21.7 Å². The van der Waals surface area contributed by atoms with Gasteiger partial charge in [0.25, 0.3) is 0 Å². The molecule has 0 saturated carbocycles. The second-order valence-corrected chi connectivity index (χ2v) is 14.5. The quantitative estimate of drug-likeness (QED) is 0.100. The molecule has 0 nitrogen and oxygen atoms in total. The molecule has 0 N–H and O–H groups in total. The van der Waals surface area contributed by atoms with Gasteiger partial charge in [-0.25, -0.2) is 11.6 Å². The second-order valence-electron chi connectivity index (χ2n) is 10.7. The Balaban J connectivity index is 0.00000400. The van der Waals surface area contributed by atoms with E-state index in [-0.39, 0.29) is 58.9 Å². The molecule has 218 valence electrons. The maximum atomic E-state index is 2.56. The number of benzene rings is 3. The van der Waals surface area contributed by atoms with Crippen LogP contribution in [-0.4, -0.2) is 8.07 Å². The fraction of sp³-hybridized carbons (Fsp3) is 0.361. The Morgan fingerprint density at radius 1 is 0.488 bits per heavy atom. The summed E-state index contributed by atoms with van der Waals surface area (Å²) in [5, 5.41) is 6.14. The number of rotatable bonds is 10. The van der Waals surface area contributed by atoms with Gasteiger partial charge in [-0.2, -0.15) is 12.1 Å². The average Bonchev–Trinajstić information content (AvgIpc) is 3.38. The summed E-state index contributed by atoms with van der Waals surface area (Å²) in [7, 11) is -2.57. The molecule has 4 aromatic carbocycles. The summed E-state index contributed by atoms with van der Waals surface area (Å²) in [4.78, 5) is 0. The van der Waals surface area contributed by atoms with Crippen molar-refractivity contribution in [3.05, 3.63) is 112 Å². The minimum Gasteiger partial charge on any atom is -1.00 e. The Labute approximate surface area is 284 Å². The fourth-order valence-electron chi connectivity index (χ4n) is 5.96. The first-order valence-corrected chi connectivity index (χ1v) is 16.5. The minimum absolute atomic E-state index is 0. The van der Waals surface area contributed by atoms with Crippen molar-refractivity contribution in [2.45, 2.75) is 87.0 Å². The predicted octanol–water partition coefficient (Wildman–Crippen LogP) is -2.52. The Hall–Kier alpha value is -1.19. The molecule has 0 fully saturated rings. The van der Waals surface area contributed by atoms with Crippen LogP contribution in [0.15, 0.2) is 72.8 Å². The summed E-state index contributed by atoms with van der Waals surface area (Å²) in [6.45, 7) is 16.1. The third-order valence-corrected chi connectivity index (χ3v) is 12.9. The van der Waals surface area contributed by atoms with Crippen LogP contribution in [0, 0.1) is 6.92 Å². The number of aryl methyl sites for hydroxylation is 7. The van der Waals surface area contributed by atoms with Crippen molar-refractivity contribution in [1.82, 2.24) is 0 Å². The molecular formula is C36H45Cl3SiTi. The monoisotopic (exact) mass is 658 g/mol. The second kappa shape index (κ2) is 17.8. The zero-order valence-electron chi connectivity index (χ0n) is 25.8. The third kappa shape index (κ3) is 8.26. The molecule has 0 atom stereocenters. The van der Waals surface area contributed by atoms with Crippen LogP contribution in [0.3, 0.4) is 0 Å². The maximum Gasteiger partial charge on any atom is 4.00 e. The predicted molar refractivity (Wildman–Crippen MR) is 167 cm³/mol. The smallest absolute Gasteiger partial charge is 1.00 e. The molecule has 41 heavy (non-hydrogen) atoms. The van der Waals surface area contributed by atoms with Gasteiger partial charge in [-0.3, -0.25) is 0 Å². The molecule has 5 heteroatoms. The van der Waals surface area contributed by atoms with Gasteiger partial charge in [-0.05, 0) is 71.9 Å². The molecule has 4 aromatic rings. The first kappa shape index (κ1) is 39.8. The molecular weight excluding hydrogens is 615 g/mol. The topological polar surface area (TPSA) is 0 Å². The summed E-state index contributed by atoms with van der Waals surface area (Å²) in [5.41, 5.74) is 10.1. The van der Waals surface area contributed by atoms with Gasteiger partial charge in [-0.15, -0.1) is 5.19 Å². The Bertz CT molecular complexity index is 1170. The standard InChI is InChI=1S/C36H45Si.3ClH.Ti/c1-8-27-17-28(9-2)21-34(20-27)37(33-15-14-26(7)16-33,35-22-29(10-3)18-30(11-4)23-35)36-24-31(12-5)19-32(13-6)25-36;;;;/h14-25H,8-13H2,1-7H3;3*1H;/q-1;;;;+4/p-3. The van der Waals surface area contributed by atoms with Gasteiger partial charge in [0, 0.05) is 0 Å². The summed E-state index contributed by atoms with van der Waals surface area (Å²) < 4.78 is 0. The van der Waals surface area contributed by atoms with E-state index in [2.05, 4.69) is 121 Å². The third-order valence-electron chi connectivity index (χ3n) is 8.25. The van der Waals surface area contributed by atoms with Crippen molar-refractivity contribution in [3.8, 4) is 0 Å². The van der Waals surface area contributed by atoms with Crippen molar-refractivity contribution in [1.29, 1.82) is 0 Å². The van der Waals surface area contributed by atoms with Gasteiger partial charge in [-0.1, -0.05) is 119 Å². The zero-order valence-corrected chi connectivity index (χ0v) is 30.6. The molecule has 0 aliphatic rings. The maximum absolute atomic E-state index is 2.57. The van der Waals surface area contributed by atoms with E-state index in [9.17, 15) is 0 Å². The SMILES string of the molecule is CCc1cc(CC)cc([Si](c2cc(CC)cc(CC)c2)(c2cc(CC)cc(CC)c2)[c-]2ccc(C)c2)c1.[Cl-].[Cl-].[Cl-].[Ti+4]. The number of halogens is 3. The normalized spacial score (nSPS) is 10.6. The molecule has 0 aliphatic carbocycles. The Kier molecular flexibility index (Phi) is 17.3. The van der Waals surface area contributed by atoms with Gasteiger partial charge in [0.15, 0.2) is 0 Å². The summed E-state index contributed by atoms with van der Waals surface area (Å²) >= 11 is 0. The van der Waals surface area contributed by atoms with Crippen LogP contribution in [0.1, 0.15) is 80.5 Å². The summed E-state index contributed by atoms with van der Waals surface area (Å²) in [6, 6.07) is 29.9. The molecule has 0 amide bonds. The van der Waals surface area contributed by atoms with Gasteiger partial charge in [0.05, 0.1) is 0 Å². The van der Waals surface area contributed by atoms with E-state index in [0.29, 0.717) is 0 Å². The van der Waals surface area contributed by atoms with Gasteiger partial charge < -0.3 is 37.2 Å². The van der Waals surface area contributed by atoms with Crippen LogP contribution in [-0.2, 0) is 60.2 Å². The van der Waals surface area contributed by atoms with Gasteiger partial charge in [0.2, 0.25) is 0 Å². The molecule has 0 bridgehead atoms. The van der Waals surface area contributed by atoms with E-state index in [4.69, 9.17) is 0 Å². The van der Waals surface area contributed by atoms with Crippen LogP contribution < -0.4 is 58.0 Å². The van der Waals surface area contributed by atoms with Crippen molar-refractivity contribution < 1.29 is 58.9 Å². The van der Waals surface area contributed by atoms with E-state index < -0.39 is 8.07 Å². The number of hydrogen-bond donors (Lipinski definition) is 0. The van der Waals surface area contributed by atoms with E-state index in [1.54, 1.807) is 15.6 Å². The molecule has 4 rings (SSSR count). The zero-order chi connectivity index (χ0) is 26.6. The van der Waals surface area contributed by atoms with E-state index >= 15 is 0 Å². The van der Waals surface area contributed by atoms with Crippen molar-refractivity contribution in [2.24, 2.45) is 0 Å². The Morgan fingerprint density at radius 3 is 0.951 bits per heavy atom.